The van der Waals surface area contributed by atoms with Gasteiger partial charge >= 0.3 is 0 Å². The minimum Gasteiger partial charge on any atom is -0.371 e. The van der Waals surface area contributed by atoms with E-state index in [0.717, 1.165) is 23.6 Å². The van der Waals surface area contributed by atoms with Crippen LogP contribution >= 0.6 is 11.3 Å². The largest absolute Gasteiger partial charge is 0.371 e. The Morgan fingerprint density at radius 2 is 1.64 bits per heavy atom. The van der Waals surface area contributed by atoms with Gasteiger partial charge in [0.05, 0.1) is 34.4 Å². The molecule has 0 aliphatic rings. The van der Waals surface area contributed by atoms with Crippen molar-refractivity contribution >= 4 is 44.1 Å². The molecule has 0 atom stereocenters. The molecule has 33 heavy (non-hydrogen) atoms. The van der Waals surface area contributed by atoms with Crippen LogP contribution in [0.2, 0.25) is 0 Å². The van der Waals surface area contributed by atoms with Gasteiger partial charge in [-0.1, -0.05) is 11.3 Å². The Hall–Kier alpha value is -4.48. The Kier molecular flexibility index (Phi) is 7.89. The Morgan fingerprint density at radius 1 is 1.00 bits per heavy atom. The number of nitrogens with zero attached hydrogens (tertiary/aromatic N) is 8. The maximum Gasteiger partial charge on any atom is 0.269 e. The minimum absolute atomic E-state index is 0.0304. The molecule has 0 spiro atoms. The molecule has 11 heteroatoms. The summed E-state index contributed by atoms with van der Waals surface area (Å²) in [7, 11) is 0. The minimum atomic E-state index is -0.487. The van der Waals surface area contributed by atoms with E-state index >= 15 is 0 Å². The van der Waals surface area contributed by atoms with E-state index in [9.17, 15) is 15.4 Å². The summed E-state index contributed by atoms with van der Waals surface area (Å²) in [5.74, 6) is 0. The number of azo groups is 2. The van der Waals surface area contributed by atoms with Gasteiger partial charge in [-0.05, 0) is 49.4 Å². The van der Waals surface area contributed by atoms with E-state index < -0.39 is 4.92 Å². The van der Waals surface area contributed by atoms with E-state index in [1.54, 1.807) is 6.07 Å². The fourth-order valence-electron chi connectivity index (χ4n) is 2.81. The first kappa shape index (κ1) is 23.2. The lowest BCUT2D eigenvalue weighted by molar-refractivity contribution is -0.384. The summed E-state index contributed by atoms with van der Waals surface area (Å²) in [5, 5.41) is 46.3. The number of hydrogen-bond donors (Lipinski definition) is 0. The highest BCUT2D eigenvalue weighted by Gasteiger charge is 2.09. The van der Waals surface area contributed by atoms with Gasteiger partial charge in [0.15, 0.2) is 5.00 Å². The molecule has 164 valence electrons. The highest BCUT2D eigenvalue weighted by atomic mass is 32.1. The van der Waals surface area contributed by atoms with Gasteiger partial charge in [0.1, 0.15) is 11.1 Å². The van der Waals surface area contributed by atoms with Crippen LogP contribution in [0.5, 0.6) is 0 Å². The first-order valence-electron chi connectivity index (χ1n) is 9.88. The summed E-state index contributed by atoms with van der Waals surface area (Å²) >= 11 is 1.16. The zero-order valence-electron chi connectivity index (χ0n) is 17.6. The summed E-state index contributed by atoms with van der Waals surface area (Å²) in [6.07, 6.45) is 0.453. The summed E-state index contributed by atoms with van der Waals surface area (Å²) in [4.78, 5) is 12.3. The first-order chi connectivity index (χ1) is 16.0. The summed E-state index contributed by atoms with van der Waals surface area (Å²) in [6, 6.07) is 18.9. The van der Waals surface area contributed by atoms with Crippen molar-refractivity contribution in [3.05, 3.63) is 70.3 Å². The molecular weight excluding hydrogens is 440 g/mol. The predicted octanol–water partition coefficient (Wildman–Crippen LogP) is 7.10. The van der Waals surface area contributed by atoms with Crippen molar-refractivity contribution in [1.29, 1.82) is 10.5 Å². The number of nitro benzene ring substituents is 1. The molecule has 1 aromatic heterocycles. The highest BCUT2D eigenvalue weighted by Crippen LogP contribution is 2.38. The van der Waals surface area contributed by atoms with E-state index in [2.05, 4.69) is 37.5 Å². The van der Waals surface area contributed by atoms with Crippen molar-refractivity contribution in [3.8, 4) is 12.1 Å². The molecule has 3 aromatic rings. The topological polar surface area (TPSA) is 143 Å². The van der Waals surface area contributed by atoms with Gasteiger partial charge in [-0.15, -0.1) is 20.5 Å². The number of nitriles is 2. The van der Waals surface area contributed by atoms with Crippen molar-refractivity contribution in [2.45, 2.75) is 13.3 Å². The molecular formula is C22H18N8O2S. The SMILES string of the molecule is CCN(CCC#N)c1ccc(/N=N/c2sc(/N=N/c3ccc([N+](=O)[O-])cc3)cc2C#N)cc1. The van der Waals surface area contributed by atoms with Crippen LogP contribution in [0.4, 0.5) is 32.8 Å². The average molecular weight is 459 g/mol. The zero-order chi connectivity index (χ0) is 23.6. The number of rotatable bonds is 9. The van der Waals surface area contributed by atoms with E-state index in [0.29, 0.717) is 39.9 Å². The first-order valence-corrected chi connectivity index (χ1v) is 10.7. The van der Waals surface area contributed by atoms with Crippen molar-refractivity contribution in [1.82, 2.24) is 0 Å². The molecule has 0 saturated heterocycles. The number of anilines is 1. The second-order valence-corrected chi connectivity index (χ2v) is 7.60. The summed E-state index contributed by atoms with van der Waals surface area (Å²) in [6.45, 7) is 3.48. The third-order valence-corrected chi connectivity index (χ3v) is 5.39. The maximum atomic E-state index is 10.7. The van der Waals surface area contributed by atoms with Gasteiger partial charge < -0.3 is 4.90 Å². The summed E-state index contributed by atoms with van der Waals surface area (Å²) in [5.41, 5.74) is 2.37. The van der Waals surface area contributed by atoms with Crippen LogP contribution in [0.25, 0.3) is 0 Å². The van der Waals surface area contributed by atoms with Crippen LogP contribution in [-0.2, 0) is 0 Å². The van der Waals surface area contributed by atoms with Gasteiger partial charge in [0.2, 0.25) is 0 Å². The Labute approximate surface area is 193 Å². The normalized spacial score (nSPS) is 10.9. The molecule has 0 N–H and O–H groups in total. The molecule has 0 aliphatic heterocycles. The third kappa shape index (κ3) is 6.26. The molecule has 0 fully saturated rings. The van der Waals surface area contributed by atoms with Crippen LogP contribution in [0.1, 0.15) is 18.9 Å². The molecule has 1 heterocycles. The molecule has 0 amide bonds. The Bertz CT molecular complexity index is 1250. The number of hydrogen-bond acceptors (Lipinski definition) is 10. The smallest absolute Gasteiger partial charge is 0.269 e. The van der Waals surface area contributed by atoms with Gasteiger partial charge in [-0.2, -0.15) is 10.5 Å². The maximum absolute atomic E-state index is 10.7. The van der Waals surface area contributed by atoms with Crippen molar-refractivity contribution in [2.24, 2.45) is 20.5 Å². The van der Waals surface area contributed by atoms with E-state index in [1.165, 1.54) is 24.3 Å². The average Bonchev–Trinajstić information content (AvgIpc) is 3.25. The number of nitro groups is 1. The second-order valence-electron chi connectivity index (χ2n) is 6.59. The van der Waals surface area contributed by atoms with Crippen molar-refractivity contribution in [2.75, 3.05) is 18.0 Å². The van der Waals surface area contributed by atoms with Crippen LogP contribution < -0.4 is 4.90 Å². The second kappa shape index (κ2) is 11.2. The van der Waals surface area contributed by atoms with Gasteiger partial charge in [0, 0.05) is 30.9 Å². The van der Waals surface area contributed by atoms with Crippen LogP contribution in [0.15, 0.2) is 75.1 Å². The Morgan fingerprint density at radius 3 is 2.21 bits per heavy atom. The molecule has 0 radical (unpaired) electrons. The third-order valence-electron chi connectivity index (χ3n) is 4.49. The van der Waals surface area contributed by atoms with Crippen molar-refractivity contribution in [3.63, 3.8) is 0 Å². The number of non-ortho nitro benzene ring substituents is 1. The van der Waals surface area contributed by atoms with Crippen molar-refractivity contribution < 1.29 is 4.92 Å². The zero-order valence-corrected chi connectivity index (χ0v) is 18.4. The monoisotopic (exact) mass is 458 g/mol. The van der Waals surface area contributed by atoms with Gasteiger partial charge in [-0.3, -0.25) is 10.1 Å². The summed E-state index contributed by atoms with van der Waals surface area (Å²) < 4.78 is 0. The number of thiophene rings is 1. The lowest BCUT2D eigenvalue weighted by Gasteiger charge is -2.21. The molecule has 0 aliphatic carbocycles. The predicted molar refractivity (Wildman–Crippen MR) is 125 cm³/mol. The van der Waals surface area contributed by atoms with Crippen LogP contribution in [-0.4, -0.2) is 18.0 Å². The lowest BCUT2D eigenvalue weighted by atomic mass is 10.2. The fourth-order valence-corrected chi connectivity index (χ4v) is 3.56. The van der Waals surface area contributed by atoms with E-state index in [1.807, 2.05) is 31.2 Å². The van der Waals surface area contributed by atoms with Gasteiger partial charge in [0.25, 0.3) is 5.69 Å². The lowest BCUT2D eigenvalue weighted by Crippen LogP contribution is -2.23. The number of benzene rings is 2. The molecule has 10 nitrogen and oxygen atoms in total. The molecule has 0 unspecified atom stereocenters. The molecule has 3 rings (SSSR count). The highest BCUT2D eigenvalue weighted by molar-refractivity contribution is 7.19. The molecule has 0 bridgehead atoms. The Balaban J connectivity index is 1.72. The molecule has 0 saturated carbocycles. The standard InChI is InChI=1S/C22H18N8O2S/c1-2-29(13-3-12-23)19-8-4-18(5-9-19)26-28-22-16(15-24)14-21(33-22)27-25-17-6-10-20(11-7-17)30(31)32/h4-11,14H,2-3,13H2,1H3/b27-25+,28-26+. The van der Waals surface area contributed by atoms with Crippen LogP contribution in [0.3, 0.4) is 0 Å². The quantitative estimate of drug-likeness (QED) is 0.191. The van der Waals surface area contributed by atoms with E-state index in [4.69, 9.17) is 5.26 Å². The van der Waals surface area contributed by atoms with Gasteiger partial charge in [-0.25, -0.2) is 0 Å². The molecule has 2 aromatic carbocycles. The van der Waals surface area contributed by atoms with E-state index in [-0.39, 0.29) is 5.69 Å². The fraction of sp³-hybridized carbons (Fsp3) is 0.182. The van der Waals surface area contributed by atoms with Crippen LogP contribution in [0, 0.1) is 32.8 Å².